The van der Waals surface area contributed by atoms with E-state index in [9.17, 15) is 9.59 Å². The van der Waals surface area contributed by atoms with Gasteiger partial charge in [0.15, 0.2) is 5.78 Å². The van der Waals surface area contributed by atoms with E-state index in [1.54, 1.807) is 0 Å². The average Bonchev–Trinajstić information content (AvgIpc) is 3.18. The van der Waals surface area contributed by atoms with Crippen LogP contribution in [-0.4, -0.2) is 16.6 Å². The Kier molecular flexibility index (Phi) is 5.47. The summed E-state index contributed by atoms with van der Waals surface area (Å²) in [5.41, 5.74) is 7.73. The number of aryl methyl sites for hydroxylation is 2. The van der Waals surface area contributed by atoms with E-state index in [0.717, 1.165) is 66.5 Å². The number of hydrogen-bond acceptors (Lipinski definition) is 3. The lowest BCUT2D eigenvalue weighted by molar-refractivity contribution is -0.129. The molecule has 4 atom stereocenters. The van der Waals surface area contributed by atoms with Crippen molar-refractivity contribution in [3.63, 3.8) is 0 Å². The van der Waals surface area contributed by atoms with Crippen molar-refractivity contribution in [3.05, 3.63) is 88.6 Å². The van der Waals surface area contributed by atoms with E-state index in [-0.39, 0.29) is 11.2 Å². The van der Waals surface area contributed by atoms with Gasteiger partial charge in [0.25, 0.3) is 0 Å². The summed E-state index contributed by atoms with van der Waals surface area (Å²) in [6, 6.07) is 18.5. The maximum Gasteiger partial charge on any atom is 0.167 e. The smallest absolute Gasteiger partial charge is 0.167 e. The number of carbonyl (C=O) groups is 2. The number of aromatic nitrogens is 1. The molecule has 1 heterocycles. The number of nitrogens with zero attached hydrogens (tertiary/aromatic N) is 1. The normalized spacial score (nSPS) is 27.1. The summed E-state index contributed by atoms with van der Waals surface area (Å²) in [5.74, 6) is 2.21. The van der Waals surface area contributed by atoms with Crippen molar-refractivity contribution >= 4 is 11.6 Å². The van der Waals surface area contributed by atoms with Gasteiger partial charge in [0.2, 0.25) is 0 Å². The monoisotopic (exact) mass is 463 g/mol. The molecule has 6 rings (SSSR count). The Morgan fingerprint density at radius 2 is 1.86 bits per heavy atom. The second-order valence-corrected chi connectivity index (χ2v) is 11.2. The van der Waals surface area contributed by atoms with Crippen molar-refractivity contribution in [1.29, 1.82) is 0 Å². The molecule has 3 nitrogen and oxygen atoms in total. The largest absolute Gasteiger partial charge is 0.299 e. The molecule has 35 heavy (non-hydrogen) atoms. The van der Waals surface area contributed by atoms with Gasteiger partial charge in [0, 0.05) is 35.6 Å². The van der Waals surface area contributed by atoms with Gasteiger partial charge in [-0.2, -0.15) is 0 Å². The number of carbonyl (C=O) groups excluding carboxylic acids is 2. The summed E-state index contributed by atoms with van der Waals surface area (Å²) in [4.78, 5) is 30.7. The fourth-order valence-electron chi connectivity index (χ4n) is 7.36. The molecule has 2 aromatic carbocycles. The van der Waals surface area contributed by atoms with Gasteiger partial charge in [-0.05, 0) is 91.7 Å². The van der Waals surface area contributed by atoms with Crippen LogP contribution in [-0.2, 0) is 17.6 Å². The van der Waals surface area contributed by atoms with E-state index < -0.39 is 0 Å². The van der Waals surface area contributed by atoms with Crippen LogP contribution in [0.25, 0.3) is 11.3 Å². The number of rotatable bonds is 4. The predicted octanol–water partition coefficient (Wildman–Crippen LogP) is 6.91. The highest BCUT2D eigenvalue weighted by Crippen LogP contribution is 2.59. The van der Waals surface area contributed by atoms with Crippen LogP contribution >= 0.6 is 0 Å². The van der Waals surface area contributed by atoms with Crippen LogP contribution in [0.1, 0.15) is 77.6 Å². The highest BCUT2D eigenvalue weighted by molar-refractivity contribution is 5.98. The van der Waals surface area contributed by atoms with E-state index in [1.807, 2.05) is 55.6 Å². The van der Waals surface area contributed by atoms with Gasteiger partial charge in [-0.15, -0.1) is 0 Å². The minimum Gasteiger partial charge on any atom is -0.299 e. The molecule has 178 valence electrons. The molecular weight excluding hydrogens is 430 g/mol. The lowest BCUT2D eigenvalue weighted by Crippen LogP contribution is -2.42. The van der Waals surface area contributed by atoms with E-state index in [1.165, 1.54) is 11.1 Å². The average molecular weight is 464 g/mol. The summed E-state index contributed by atoms with van der Waals surface area (Å²) in [6.45, 7) is 4.27. The van der Waals surface area contributed by atoms with E-state index in [4.69, 9.17) is 0 Å². The second kappa shape index (κ2) is 8.55. The molecule has 3 aliphatic carbocycles. The lowest BCUT2D eigenvalue weighted by Gasteiger charge is -2.48. The van der Waals surface area contributed by atoms with Crippen molar-refractivity contribution in [2.45, 2.75) is 64.7 Å². The summed E-state index contributed by atoms with van der Waals surface area (Å²) in [7, 11) is 0. The third kappa shape index (κ3) is 3.76. The van der Waals surface area contributed by atoms with Gasteiger partial charge in [-0.1, -0.05) is 48.9 Å². The van der Waals surface area contributed by atoms with Crippen molar-refractivity contribution in [2.75, 3.05) is 0 Å². The highest BCUT2D eigenvalue weighted by Gasteiger charge is 2.54. The number of hydrogen-bond donors (Lipinski definition) is 0. The van der Waals surface area contributed by atoms with E-state index >= 15 is 0 Å². The third-order valence-corrected chi connectivity index (χ3v) is 9.32. The summed E-state index contributed by atoms with van der Waals surface area (Å²) >= 11 is 0. The first kappa shape index (κ1) is 22.4. The lowest BCUT2D eigenvalue weighted by atomic mass is 9.55. The Bertz CT molecular complexity index is 1290. The Labute approximate surface area is 208 Å². The molecule has 0 aliphatic heterocycles. The Morgan fingerprint density at radius 3 is 2.63 bits per heavy atom. The zero-order chi connectivity index (χ0) is 24.2. The van der Waals surface area contributed by atoms with Crippen molar-refractivity contribution in [2.24, 2.45) is 17.3 Å². The zero-order valence-corrected chi connectivity index (χ0v) is 20.7. The highest BCUT2D eigenvalue weighted by atomic mass is 16.1. The Hall–Kier alpha value is -3.07. The zero-order valence-electron chi connectivity index (χ0n) is 20.7. The minimum absolute atomic E-state index is 0.114. The summed E-state index contributed by atoms with van der Waals surface area (Å²) < 4.78 is 0. The van der Waals surface area contributed by atoms with Crippen LogP contribution in [0.2, 0.25) is 0 Å². The Morgan fingerprint density at radius 1 is 1.03 bits per heavy atom. The van der Waals surface area contributed by atoms with Crippen LogP contribution < -0.4 is 0 Å². The molecule has 3 aliphatic rings. The minimum atomic E-state index is -0.114. The molecule has 1 aromatic heterocycles. The number of fused-ring (bicyclic) bond motifs is 5. The summed E-state index contributed by atoms with van der Waals surface area (Å²) in [6.07, 6.45) is 8.29. The standard InChI is InChI=1S/C32H33NO2/c1-20-6-8-21(9-7-20)30(34)19-23-18-26-22(17-27(23)29-5-3-4-16-33-29)10-11-25-24(26)14-15-32(2)28(25)12-13-31(32)35/h3-9,16-18,24-25,28H,10-15,19H2,1-2H3/t24-,25+,28-,32-/m1/s1. The molecule has 0 radical (unpaired) electrons. The molecule has 0 N–H and O–H groups in total. The van der Waals surface area contributed by atoms with Crippen molar-refractivity contribution in [3.8, 4) is 11.3 Å². The first-order chi connectivity index (χ1) is 16.9. The van der Waals surface area contributed by atoms with Gasteiger partial charge >= 0.3 is 0 Å². The molecule has 2 fully saturated rings. The third-order valence-electron chi connectivity index (χ3n) is 9.32. The molecular formula is C32H33NO2. The number of pyridine rings is 1. The molecule has 0 spiro atoms. The number of Topliss-reactive ketones (excluding diaryl/α,β-unsaturated/α-hetero) is 2. The second-order valence-electron chi connectivity index (χ2n) is 11.2. The molecule has 2 saturated carbocycles. The van der Waals surface area contributed by atoms with Crippen LogP contribution in [0.3, 0.4) is 0 Å². The van der Waals surface area contributed by atoms with Crippen LogP contribution in [0.15, 0.2) is 60.8 Å². The molecule has 0 saturated heterocycles. The fraction of sp³-hybridized carbons (Fsp3) is 0.406. The molecule has 0 bridgehead atoms. The molecule has 0 unspecified atom stereocenters. The van der Waals surface area contributed by atoms with E-state index in [0.29, 0.717) is 30.0 Å². The predicted molar refractivity (Wildman–Crippen MR) is 139 cm³/mol. The first-order valence-electron chi connectivity index (χ1n) is 13.1. The SMILES string of the molecule is Cc1ccc(C(=O)Cc2cc3c(cc2-c2ccccn2)CC[C@@H]2[C@H]4CCC(=O)[C@]4(C)CC[C@@H]32)cc1. The topological polar surface area (TPSA) is 47.0 Å². The fourth-order valence-corrected chi connectivity index (χ4v) is 7.36. The number of benzene rings is 2. The van der Waals surface area contributed by atoms with Crippen LogP contribution in [0.4, 0.5) is 0 Å². The van der Waals surface area contributed by atoms with Crippen molar-refractivity contribution < 1.29 is 9.59 Å². The van der Waals surface area contributed by atoms with Gasteiger partial charge in [0.1, 0.15) is 5.78 Å². The Balaban J connectivity index is 1.40. The van der Waals surface area contributed by atoms with Gasteiger partial charge in [-0.25, -0.2) is 0 Å². The first-order valence-corrected chi connectivity index (χ1v) is 13.1. The van der Waals surface area contributed by atoms with E-state index in [2.05, 4.69) is 24.0 Å². The molecule has 3 aromatic rings. The quantitative estimate of drug-likeness (QED) is 0.395. The van der Waals surface area contributed by atoms with Crippen LogP contribution in [0, 0.1) is 24.2 Å². The van der Waals surface area contributed by atoms with Gasteiger partial charge in [0.05, 0.1) is 5.69 Å². The molecule has 0 amide bonds. The van der Waals surface area contributed by atoms with Crippen LogP contribution in [0.5, 0.6) is 0 Å². The maximum atomic E-state index is 13.3. The van der Waals surface area contributed by atoms with Crippen molar-refractivity contribution in [1.82, 2.24) is 4.98 Å². The number of ketones is 2. The maximum absolute atomic E-state index is 13.3. The molecule has 3 heteroatoms. The summed E-state index contributed by atoms with van der Waals surface area (Å²) in [5, 5.41) is 0. The van der Waals surface area contributed by atoms with Gasteiger partial charge in [-0.3, -0.25) is 14.6 Å². The van der Waals surface area contributed by atoms with Gasteiger partial charge < -0.3 is 0 Å².